The van der Waals surface area contributed by atoms with E-state index in [0.717, 1.165) is 19.3 Å². The normalized spacial score (nSPS) is 29.2. The molecule has 0 saturated carbocycles. The van der Waals surface area contributed by atoms with Gasteiger partial charge in [0.05, 0.1) is 11.1 Å². The molecule has 3 aliphatic heterocycles. The molecule has 1 saturated heterocycles. The van der Waals surface area contributed by atoms with Crippen LogP contribution in [0.5, 0.6) is 0 Å². The molecule has 0 radical (unpaired) electrons. The summed E-state index contributed by atoms with van der Waals surface area (Å²) in [5, 5.41) is 3.33. The molecule has 0 spiro atoms. The minimum Gasteiger partial charge on any atom is -0.267 e. The Hall–Kier alpha value is -1.94. The fraction of sp³-hybridized carbons (Fsp3) is 0.333. The third-order valence-corrected chi connectivity index (χ3v) is 4.24. The SMILES string of the molecule is O=C1c2ccccc2C(=O)N1N1[C@@H]2C=C[C@H]1CCC2. The minimum atomic E-state index is -0.179. The molecule has 1 aromatic carbocycles. The highest BCUT2D eigenvalue weighted by Crippen LogP contribution is 2.35. The summed E-state index contributed by atoms with van der Waals surface area (Å²) < 4.78 is 0. The summed E-state index contributed by atoms with van der Waals surface area (Å²) in [5.41, 5.74) is 1.05. The maximum atomic E-state index is 12.5. The molecule has 0 aliphatic carbocycles. The third-order valence-electron chi connectivity index (χ3n) is 4.24. The Balaban J connectivity index is 1.75. The number of piperidine rings is 1. The predicted molar refractivity (Wildman–Crippen MR) is 69.3 cm³/mol. The van der Waals surface area contributed by atoms with Crippen LogP contribution in [0.4, 0.5) is 0 Å². The van der Waals surface area contributed by atoms with Crippen LogP contribution in [0.1, 0.15) is 40.0 Å². The zero-order chi connectivity index (χ0) is 13.0. The number of nitrogens with zero attached hydrogens (tertiary/aromatic N) is 2. The van der Waals surface area contributed by atoms with Gasteiger partial charge in [0.25, 0.3) is 11.8 Å². The van der Waals surface area contributed by atoms with Gasteiger partial charge in [-0.05, 0) is 31.4 Å². The summed E-state index contributed by atoms with van der Waals surface area (Å²) in [7, 11) is 0. The van der Waals surface area contributed by atoms with E-state index in [1.165, 1.54) is 5.01 Å². The van der Waals surface area contributed by atoms with E-state index in [4.69, 9.17) is 0 Å². The van der Waals surface area contributed by atoms with Crippen LogP contribution in [0.2, 0.25) is 0 Å². The van der Waals surface area contributed by atoms with Crippen LogP contribution >= 0.6 is 0 Å². The summed E-state index contributed by atoms with van der Waals surface area (Å²) in [4.78, 5) is 24.9. The first-order valence-electron chi connectivity index (χ1n) is 6.72. The van der Waals surface area contributed by atoms with Crippen molar-refractivity contribution in [3.8, 4) is 0 Å². The largest absolute Gasteiger partial charge is 0.276 e. The molecular formula is C15H14N2O2. The highest BCUT2D eigenvalue weighted by molar-refractivity contribution is 6.21. The molecule has 4 rings (SSSR count). The van der Waals surface area contributed by atoms with E-state index >= 15 is 0 Å². The standard InChI is InChI=1S/C15H14N2O2/c18-14-12-6-1-2-7-13(12)15(19)17(14)16-10-4-3-5-11(16)9-8-10/h1-2,6-11H,3-5H2/t10-,11+. The molecule has 19 heavy (non-hydrogen) atoms. The number of benzene rings is 1. The number of amides is 2. The quantitative estimate of drug-likeness (QED) is 0.568. The second-order valence-electron chi connectivity index (χ2n) is 5.30. The van der Waals surface area contributed by atoms with Crippen molar-refractivity contribution in [3.63, 3.8) is 0 Å². The molecule has 4 nitrogen and oxygen atoms in total. The van der Waals surface area contributed by atoms with E-state index in [2.05, 4.69) is 12.2 Å². The van der Waals surface area contributed by atoms with Gasteiger partial charge in [0.2, 0.25) is 0 Å². The Morgan fingerprint density at radius 2 is 1.42 bits per heavy atom. The second-order valence-corrected chi connectivity index (χ2v) is 5.30. The smallest absolute Gasteiger partial charge is 0.267 e. The van der Waals surface area contributed by atoms with Crippen molar-refractivity contribution in [2.24, 2.45) is 0 Å². The lowest BCUT2D eigenvalue weighted by molar-refractivity contribution is -0.0336. The Bertz CT molecular complexity index is 559. The van der Waals surface area contributed by atoms with Crippen LogP contribution < -0.4 is 0 Å². The van der Waals surface area contributed by atoms with Crippen LogP contribution in [0.3, 0.4) is 0 Å². The molecule has 2 amide bonds. The van der Waals surface area contributed by atoms with E-state index in [9.17, 15) is 9.59 Å². The molecule has 0 aromatic heterocycles. The summed E-state index contributed by atoms with van der Waals surface area (Å²) >= 11 is 0. The van der Waals surface area contributed by atoms with Gasteiger partial charge in [0.1, 0.15) is 0 Å². The van der Waals surface area contributed by atoms with Crippen molar-refractivity contribution in [2.75, 3.05) is 0 Å². The van der Waals surface area contributed by atoms with E-state index in [0.29, 0.717) is 11.1 Å². The Kier molecular flexibility index (Phi) is 2.17. The van der Waals surface area contributed by atoms with Gasteiger partial charge in [-0.25, -0.2) is 5.01 Å². The monoisotopic (exact) mass is 254 g/mol. The second kappa shape index (κ2) is 3.78. The average Bonchev–Trinajstić information content (AvgIpc) is 2.82. The maximum absolute atomic E-state index is 12.5. The van der Waals surface area contributed by atoms with Crippen molar-refractivity contribution >= 4 is 11.8 Å². The Labute approximate surface area is 111 Å². The highest BCUT2D eigenvalue weighted by atomic mass is 16.2. The number of carbonyl (C=O) groups excluding carboxylic acids is 2. The number of rotatable bonds is 1. The van der Waals surface area contributed by atoms with E-state index in [-0.39, 0.29) is 23.9 Å². The van der Waals surface area contributed by atoms with Crippen LogP contribution in [0.25, 0.3) is 0 Å². The van der Waals surface area contributed by atoms with Gasteiger partial charge in [0, 0.05) is 12.1 Å². The van der Waals surface area contributed by atoms with Gasteiger partial charge in [-0.2, -0.15) is 5.01 Å². The van der Waals surface area contributed by atoms with Crippen molar-refractivity contribution in [2.45, 2.75) is 31.3 Å². The third kappa shape index (κ3) is 1.37. The molecular weight excluding hydrogens is 240 g/mol. The fourth-order valence-electron chi connectivity index (χ4n) is 3.35. The molecule has 0 unspecified atom stereocenters. The average molecular weight is 254 g/mol. The van der Waals surface area contributed by atoms with Crippen molar-refractivity contribution in [1.82, 2.24) is 10.0 Å². The lowest BCUT2D eigenvalue weighted by atomic mass is 10.0. The topological polar surface area (TPSA) is 40.6 Å². The first-order chi connectivity index (χ1) is 9.27. The number of fused-ring (bicyclic) bond motifs is 3. The zero-order valence-electron chi connectivity index (χ0n) is 10.5. The van der Waals surface area contributed by atoms with Crippen LogP contribution in [0.15, 0.2) is 36.4 Å². The van der Waals surface area contributed by atoms with Gasteiger partial charge in [0.15, 0.2) is 0 Å². The number of hydrogen-bond donors (Lipinski definition) is 0. The van der Waals surface area contributed by atoms with E-state index < -0.39 is 0 Å². The molecule has 0 N–H and O–H groups in total. The van der Waals surface area contributed by atoms with Crippen molar-refractivity contribution in [3.05, 3.63) is 47.5 Å². The first-order valence-corrected chi connectivity index (χ1v) is 6.72. The van der Waals surface area contributed by atoms with Crippen molar-refractivity contribution in [1.29, 1.82) is 0 Å². The first kappa shape index (κ1) is 10.9. The number of imide groups is 1. The van der Waals surface area contributed by atoms with Crippen LogP contribution in [-0.2, 0) is 0 Å². The van der Waals surface area contributed by atoms with Gasteiger partial charge in [-0.15, -0.1) is 0 Å². The summed E-state index contributed by atoms with van der Waals surface area (Å²) in [6.45, 7) is 0. The Morgan fingerprint density at radius 3 is 1.95 bits per heavy atom. The molecule has 1 aromatic rings. The molecule has 1 fully saturated rings. The summed E-state index contributed by atoms with van der Waals surface area (Å²) in [6.07, 6.45) is 7.44. The molecule has 4 heteroatoms. The summed E-state index contributed by atoms with van der Waals surface area (Å²) in [5.74, 6) is -0.359. The predicted octanol–water partition coefficient (Wildman–Crippen LogP) is 1.99. The van der Waals surface area contributed by atoms with Gasteiger partial charge >= 0.3 is 0 Å². The molecule has 3 heterocycles. The fourth-order valence-corrected chi connectivity index (χ4v) is 3.35. The van der Waals surface area contributed by atoms with E-state index in [1.807, 2.05) is 5.01 Å². The van der Waals surface area contributed by atoms with Gasteiger partial charge in [-0.1, -0.05) is 24.3 Å². The van der Waals surface area contributed by atoms with Crippen LogP contribution in [-0.4, -0.2) is 33.9 Å². The van der Waals surface area contributed by atoms with Crippen LogP contribution in [0, 0.1) is 0 Å². The number of hydrazine groups is 1. The number of carbonyl (C=O) groups is 2. The Morgan fingerprint density at radius 1 is 0.895 bits per heavy atom. The molecule has 96 valence electrons. The lowest BCUT2D eigenvalue weighted by Crippen LogP contribution is -2.54. The molecule has 2 bridgehead atoms. The van der Waals surface area contributed by atoms with Gasteiger partial charge < -0.3 is 0 Å². The molecule has 3 aliphatic rings. The molecule has 2 atom stereocenters. The zero-order valence-corrected chi connectivity index (χ0v) is 10.5. The maximum Gasteiger partial charge on any atom is 0.276 e. The lowest BCUT2D eigenvalue weighted by Gasteiger charge is -2.39. The highest BCUT2D eigenvalue weighted by Gasteiger charge is 2.46. The van der Waals surface area contributed by atoms with E-state index in [1.54, 1.807) is 24.3 Å². The summed E-state index contributed by atoms with van der Waals surface area (Å²) in [6, 6.07) is 7.46. The number of hydrogen-bond acceptors (Lipinski definition) is 3. The van der Waals surface area contributed by atoms with Gasteiger partial charge in [-0.3, -0.25) is 9.59 Å². The minimum absolute atomic E-state index is 0.179. The van der Waals surface area contributed by atoms with Crippen molar-refractivity contribution < 1.29 is 9.59 Å².